The maximum Gasteiger partial charge on any atom is 0.216 e. The van der Waals surface area contributed by atoms with Crippen molar-refractivity contribution < 1.29 is 9.53 Å². The van der Waals surface area contributed by atoms with Gasteiger partial charge in [0, 0.05) is 12.0 Å². The van der Waals surface area contributed by atoms with Crippen LogP contribution in [0.1, 0.15) is 84.5 Å². The smallest absolute Gasteiger partial charge is 0.216 e. The van der Waals surface area contributed by atoms with Crippen LogP contribution in [0.4, 0.5) is 0 Å². The minimum Gasteiger partial charge on any atom is -0.496 e. The van der Waals surface area contributed by atoms with Gasteiger partial charge in [-0.2, -0.15) is 0 Å². The van der Waals surface area contributed by atoms with E-state index in [0.717, 1.165) is 25.0 Å². The predicted molar refractivity (Wildman–Crippen MR) is 102 cm³/mol. The third-order valence-electron chi connectivity index (χ3n) is 4.39. The fourth-order valence-electron chi connectivity index (χ4n) is 2.90. The second kappa shape index (κ2) is 12.2. The molecule has 134 valence electrons. The highest BCUT2D eigenvalue weighted by atomic mass is 35.5. The molecule has 1 rings (SSSR count). The zero-order chi connectivity index (χ0) is 17.0. The van der Waals surface area contributed by atoms with Gasteiger partial charge in [-0.15, -0.1) is 11.6 Å². The van der Waals surface area contributed by atoms with E-state index in [1.54, 1.807) is 6.08 Å². The zero-order valence-corrected chi connectivity index (χ0v) is 16.4. The average molecular weight is 361 g/mol. The van der Waals surface area contributed by atoms with Crippen molar-refractivity contribution in [3.63, 3.8) is 0 Å². The molecule has 0 aromatic rings. The topological polar surface area (TPSA) is 26.3 Å². The number of hydrogen-bond acceptors (Lipinski definition) is 3. The first-order chi connectivity index (χ1) is 11.1. The summed E-state index contributed by atoms with van der Waals surface area (Å²) < 4.78 is 5.72. The summed E-state index contributed by atoms with van der Waals surface area (Å²) in [7, 11) is 0. The van der Waals surface area contributed by atoms with E-state index < -0.39 is 0 Å². The van der Waals surface area contributed by atoms with Gasteiger partial charge in [-0.05, 0) is 26.2 Å². The van der Waals surface area contributed by atoms with Gasteiger partial charge < -0.3 is 4.74 Å². The van der Waals surface area contributed by atoms with Crippen molar-refractivity contribution in [2.24, 2.45) is 0 Å². The van der Waals surface area contributed by atoms with Crippen molar-refractivity contribution >= 4 is 28.5 Å². The van der Waals surface area contributed by atoms with Crippen LogP contribution < -0.4 is 0 Å². The molecule has 0 aromatic carbocycles. The number of carbonyl (C=O) groups excluding carboxylic acids is 1. The summed E-state index contributed by atoms with van der Waals surface area (Å²) in [5.74, 6) is 1.55. The average Bonchev–Trinajstić information content (AvgIpc) is 2.81. The fraction of sp³-hybridized carbons (Fsp3) is 0.842. The van der Waals surface area contributed by atoms with Crippen LogP contribution in [0.2, 0.25) is 0 Å². The fourth-order valence-corrected chi connectivity index (χ4v) is 4.17. The van der Waals surface area contributed by atoms with Gasteiger partial charge in [0.2, 0.25) is 5.12 Å². The summed E-state index contributed by atoms with van der Waals surface area (Å²) in [6, 6.07) is 0. The van der Waals surface area contributed by atoms with Gasteiger partial charge in [0.15, 0.2) is 0 Å². The van der Waals surface area contributed by atoms with E-state index in [9.17, 15) is 4.79 Å². The molecule has 0 spiro atoms. The number of unbranched alkanes of at least 4 members (excludes halogenated alkanes) is 8. The number of alkyl halides is 1. The predicted octanol–water partition coefficient (Wildman–Crippen LogP) is 6.47. The Morgan fingerprint density at radius 1 is 1.04 bits per heavy atom. The van der Waals surface area contributed by atoms with Crippen LogP contribution in [0.3, 0.4) is 0 Å². The minimum absolute atomic E-state index is 0.138. The van der Waals surface area contributed by atoms with Gasteiger partial charge in [-0.3, -0.25) is 4.79 Å². The van der Waals surface area contributed by atoms with Crippen molar-refractivity contribution in [2.75, 3.05) is 12.5 Å². The number of halogens is 1. The minimum atomic E-state index is -0.153. The molecular formula is C19H33ClO2S. The van der Waals surface area contributed by atoms with E-state index in [4.69, 9.17) is 16.3 Å². The van der Waals surface area contributed by atoms with Crippen LogP contribution in [-0.2, 0) is 9.53 Å². The Balaban J connectivity index is 2.21. The monoisotopic (exact) mass is 360 g/mol. The molecule has 0 radical (unpaired) electrons. The first kappa shape index (κ1) is 20.9. The summed E-state index contributed by atoms with van der Waals surface area (Å²) in [5, 5.41) is 0.138. The first-order valence-electron chi connectivity index (χ1n) is 9.26. The lowest BCUT2D eigenvalue weighted by molar-refractivity contribution is -0.107. The molecule has 0 aliphatic carbocycles. The second-order valence-electron chi connectivity index (χ2n) is 6.63. The van der Waals surface area contributed by atoms with Crippen LogP contribution in [0.15, 0.2) is 11.8 Å². The summed E-state index contributed by atoms with van der Waals surface area (Å²) in [4.78, 5) is 11.8. The molecule has 1 aliphatic rings. The molecule has 2 nitrogen and oxygen atoms in total. The SMILES string of the molecule is CCCCCCCCCC[C@@]1(C)SC(=O)C=C1OCCCCCl. The number of rotatable bonds is 14. The summed E-state index contributed by atoms with van der Waals surface area (Å²) in [6.07, 6.45) is 15.1. The van der Waals surface area contributed by atoms with E-state index in [0.29, 0.717) is 12.5 Å². The highest BCUT2D eigenvalue weighted by Crippen LogP contribution is 2.44. The molecule has 0 aromatic heterocycles. The second-order valence-corrected chi connectivity index (χ2v) is 8.52. The van der Waals surface area contributed by atoms with Gasteiger partial charge in [0.1, 0.15) is 5.76 Å². The summed E-state index contributed by atoms with van der Waals surface area (Å²) in [5.41, 5.74) is 0. The van der Waals surface area contributed by atoms with Crippen molar-refractivity contribution in [1.29, 1.82) is 0 Å². The van der Waals surface area contributed by atoms with E-state index in [1.807, 2.05) is 0 Å². The van der Waals surface area contributed by atoms with Crippen molar-refractivity contribution in [3.8, 4) is 0 Å². The van der Waals surface area contributed by atoms with Gasteiger partial charge in [-0.25, -0.2) is 0 Å². The molecule has 0 saturated carbocycles. The van der Waals surface area contributed by atoms with Crippen LogP contribution in [0, 0.1) is 0 Å². The maximum atomic E-state index is 11.8. The highest BCUT2D eigenvalue weighted by Gasteiger charge is 2.38. The normalized spacial score (nSPS) is 20.8. The molecule has 0 N–H and O–H groups in total. The van der Waals surface area contributed by atoms with E-state index in [1.165, 1.54) is 63.1 Å². The molecule has 1 atom stereocenters. The Morgan fingerprint density at radius 2 is 1.70 bits per heavy atom. The molecule has 0 saturated heterocycles. The first-order valence-corrected chi connectivity index (χ1v) is 10.6. The molecule has 1 aliphatic heterocycles. The number of carbonyl (C=O) groups is 1. The molecule has 0 bridgehead atoms. The summed E-state index contributed by atoms with van der Waals surface area (Å²) in [6.45, 7) is 5.07. The molecule has 4 heteroatoms. The Hall–Kier alpha value is -0.150. The van der Waals surface area contributed by atoms with E-state index in [2.05, 4.69) is 13.8 Å². The quantitative estimate of drug-likeness (QED) is 0.262. The van der Waals surface area contributed by atoms with Crippen LogP contribution in [0.25, 0.3) is 0 Å². The van der Waals surface area contributed by atoms with Crippen molar-refractivity contribution in [2.45, 2.75) is 89.2 Å². The standard InChI is InChI=1S/C19H33ClO2S/c1-3-4-5-6-7-8-9-10-13-19(2)17(16-18(21)23-19)22-15-12-11-14-20/h16H,3-15H2,1-2H3/t19-/m1/s1. The van der Waals surface area contributed by atoms with Gasteiger partial charge in [-0.1, -0.05) is 70.1 Å². The molecule has 1 heterocycles. The van der Waals surface area contributed by atoms with Crippen molar-refractivity contribution in [1.82, 2.24) is 0 Å². The molecular weight excluding hydrogens is 328 g/mol. The lowest BCUT2D eigenvalue weighted by Crippen LogP contribution is -2.22. The molecule has 0 unspecified atom stereocenters. The molecule has 23 heavy (non-hydrogen) atoms. The van der Waals surface area contributed by atoms with Crippen LogP contribution >= 0.6 is 23.4 Å². The van der Waals surface area contributed by atoms with Gasteiger partial charge in [0.05, 0.1) is 11.4 Å². The number of hydrogen-bond donors (Lipinski definition) is 0. The molecule has 0 fully saturated rings. The maximum absolute atomic E-state index is 11.8. The highest BCUT2D eigenvalue weighted by molar-refractivity contribution is 8.15. The van der Waals surface area contributed by atoms with Gasteiger partial charge in [0.25, 0.3) is 0 Å². The summed E-state index contributed by atoms with van der Waals surface area (Å²) >= 11 is 7.12. The largest absolute Gasteiger partial charge is 0.496 e. The van der Waals surface area contributed by atoms with E-state index >= 15 is 0 Å². The van der Waals surface area contributed by atoms with Crippen LogP contribution in [-0.4, -0.2) is 22.3 Å². The lowest BCUT2D eigenvalue weighted by atomic mass is 9.98. The number of thioether (sulfide) groups is 1. The van der Waals surface area contributed by atoms with E-state index in [-0.39, 0.29) is 9.86 Å². The Bertz CT molecular complexity index is 370. The third-order valence-corrected chi connectivity index (χ3v) is 5.83. The third kappa shape index (κ3) is 8.49. The van der Waals surface area contributed by atoms with Gasteiger partial charge >= 0.3 is 0 Å². The molecule has 0 amide bonds. The lowest BCUT2D eigenvalue weighted by Gasteiger charge is -2.26. The van der Waals surface area contributed by atoms with Crippen molar-refractivity contribution in [3.05, 3.63) is 11.8 Å². The zero-order valence-electron chi connectivity index (χ0n) is 14.9. The number of ether oxygens (including phenoxy) is 1. The Morgan fingerprint density at radius 3 is 2.35 bits per heavy atom. The van der Waals surface area contributed by atoms with Crippen LogP contribution in [0.5, 0.6) is 0 Å². The Labute approximate surface area is 151 Å². The Kier molecular flexibility index (Phi) is 11.1.